The van der Waals surface area contributed by atoms with E-state index < -0.39 is 0 Å². The Morgan fingerprint density at radius 3 is 2.62 bits per heavy atom. The molecule has 0 spiro atoms. The van der Waals surface area contributed by atoms with Crippen molar-refractivity contribution in [3.63, 3.8) is 0 Å². The highest BCUT2D eigenvalue weighted by molar-refractivity contribution is 5.94. The molecule has 1 aliphatic carbocycles. The molecule has 2 unspecified atom stereocenters. The summed E-state index contributed by atoms with van der Waals surface area (Å²) in [7, 11) is 1.44. The maximum Gasteiger partial charge on any atom is 0.336 e. The third-order valence-corrected chi connectivity index (χ3v) is 6.03. The number of allylic oxidation sites excluding steroid dienone is 3. The third kappa shape index (κ3) is 4.12. The van der Waals surface area contributed by atoms with Crippen molar-refractivity contribution in [3.8, 4) is 0 Å². The number of hydrogen-bond acceptors (Lipinski definition) is 4. The van der Waals surface area contributed by atoms with Gasteiger partial charge in [0.2, 0.25) is 0 Å². The van der Waals surface area contributed by atoms with Crippen molar-refractivity contribution >= 4 is 12.0 Å². The molecule has 1 aromatic carbocycles. The number of rotatable bonds is 7. The molecule has 4 nitrogen and oxygen atoms in total. The molecule has 0 radical (unpaired) electrons. The molecule has 4 heteroatoms. The number of fused-ring (bicyclic) bond motifs is 3. The lowest BCUT2D eigenvalue weighted by atomic mass is 9.74. The molecule has 0 amide bonds. The van der Waals surface area contributed by atoms with E-state index in [1.807, 2.05) is 6.92 Å². The zero-order chi connectivity index (χ0) is 21.1. The summed E-state index contributed by atoms with van der Waals surface area (Å²) in [6.07, 6.45) is 5.57. The summed E-state index contributed by atoms with van der Waals surface area (Å²) in [6, 6.07) is 6.27. The molecule has 29 heavy (non-hydrogen) atoms. The van der Waals surface area contributed by atoms with E-state index in [9.17, 15) is 4.79 Å². The van der Waals surface area contributed by atoms with Crippen LogP contribution < -0.4 is 5.32 Å². The standard InChI is InChI=1S/C25H33NO3/c1-7-9-15(2)12-13-29-21-14-20-16(3)10-8-11-19(20)24-22(21)17(4)26-18(5)23(24)25(27)28-6/h8,10-11,14-15,24,26H,7,9,12-13H2,1-6H3. The molecule has 1 aromatic rings. The van der Waals surface area contributed by atoms with Crippen LogP contribution in [0, 0.1) is 12.8 Å². The molecule has 2 aliphatic rings. The summed E-state index contributed by atoms with van der Waals surface area (Å²) in [6.45, 7) is 11.3. The van der Waals surface area contributed by atoms with Gasteiger partial charge < -0.3 is 14.8 Å². The van der Waals surface area contributed by atoms with Crippen LogP contribution in [0.4, 0.5) is 0 Å². The monoisotopic (exact) mass is 395 g/mol. The maximum absolute atomic E-state index is 12.7. The Labute approximate surface area is 174 Å². The first kappa shape index (κ1) is 21.2. The molecular weight excluding hydrogens is 362 g/mol. The van der Waals surface area contributed by atoms with Gasteiger partial charge in [-0.3, -0.25) is 0 Å². The number of methoxy groups -OCH3 is 1. The second-order valence-electron chi connectivity index (χ2n) is 8.24. The summed E-state index contributed by atoms with van der Waals surface area (Å²) in [5.41, 5.74) is 7.02. The highest BCUT2D eigenvalue weighted by atomic mass is 16.5. The third-order valence-electron chi connectivity index (χ3n) is 6.03. The average molecular weight is 396 g/mol. The van der Waals surface area contributed by atoms with Crippen molar-refractivity contribution in [3.05, 3.63) is 63.2 Å². The molecule has 0 saturated heterocycles. The smallest absolute Gasteiger partial charge is 0.336 e. The zero-order valence-electron chi connectivity index (χ0n) is 18.5. The first-order chi connectivity index (χ1) is 13.9. The summed E-state index contributed by atoms with van der Waals surface area (Å²) in [5.74, 6) is 1.03. The number of dihydropyridines is 1. The van der Waals surface area contributed by atoms with E-state index >= 15 is 0 Å². The number of nitrogens with one attached hydrogen (secondary N) is 1. The van der Waals surface area contributed by atoms with Crippen molar-refractivity contribution in [1.82, 2.24) is 5.32 Å². The number of benzene rings is 1. The maximum atomic E-state index is 12.7. The summed E-state index contributed by atoms with van der Waals surface area (Å²) >= 11 is 0. The number of esters is 1. The van der Waals surface area contributed by atoms with Crippen LogP contribution in [0.1, 0.15) is 69.6 Å². The molecular formula is C25H33NO3. The molecule has 156 valence electrons. The molecule has 0 bridgehead atoms. The zero-order valence-corrected chi connectivity index (χ0v) is 18.5. The van der Waals surface area contributed by atoms with Gasteiger partial charge in [-0.1, -0.05) is 44.9 Å². The van der Waals surface area contributed by atoms with E-state index in [2.05, 4.69) is 57.3 Å². The predicted molar refractivity (Wildman–Crippen MR) is 117 cm³/mol. The average Bonchev–Trinajstić information content (AvgIpc) is 2.68. The van der Waals surface area contributed by atoms with Crippen LogP contribution >= 0.6 is 0 Å². The topological polar surface area (TPSA) is 47.6 Å². The van der Waals surface area contributed by atoms with E-state index in [0.717, 1.165) is 40.3 Å². The Morgan fingerprint density at radius 1 is 1.17 bits per heavy atom. The van der Waals surface area contributed by atoms with Crippen molar-refractivity contribution < 1.29 is 14.3 Å². The van der Waals surface area contributed by atoms with Gasteiger partial charge in [0.1, 0.15) is 5.76 Å². The normalized spacial score (nSPS) is 19.1. The van der Waals surface area contributed by atoms with E-state index in [0.29, 0.717) is 18.1 Å². The van der Waals surface area contributed by atoms with Gasteiger partial charge in [0.25, 0.3) is 0 Å². The summed E-state index contributed by atoms with van der Waals surface area (Å²) in [4.78, 5) is 12.7. The van der Waals surface area contributed by atoms with Crippen LogP contribution in [0.3, 0.4) is 0 Å². The molecule has 2 atom stereocenters. The Hall–Kier alpha value is -2.49. The molecule has 0 aromatic heterocycles. The predicted octanol–water partition coefficient (Wildman–Crippen LogP) is 5.60. The van der Waals surface area contributed by atoms with Gasteiger partial charge in [0.05, 0.1) is 19.3 Å². The van der Waals surface area contributed by atoms with Gasteiger partial charge in [0.15, 0.2) is 0 Å². The minimum absolute atomic E-state index is 0.174. The van der Waals surface area contributed by atoms with Crippen LogP contribution in [0.2, 0.25) is 0 Å². The minimum atomic E-state index is -0.296. The first-order valence-corrected chi connectivity index (χ1v) is 10.6. The quantitative estimate of drug-likeness (QED) is 0.611. The van der Waals surface area contributed by atoms with E-state index in [4.69, 9.17) is 9.47 Å². The minimum Gasteiger partial charge on any atom is -0.493 e. The fraction of sp³-hybridized carbons (Fsp3) is 0.480. The van der Waals surface area contributed by atoms with Gasteiger partial charge in [-0.05, 0) is 55.9 Å². The van der Waals surface area contributed by atoms with Gasteiger partial charge in [0, 0.05) is 22.9 Å². The van der Waals surface area contributed by atoms with E-state index in [1.54, 1.807) is 0 Å². The van der Waals surface area contributed by atoms with Crippen molar-refractivity contribution in [1.29, 1.82) is 0 Å². The van der Waals surface area contributed by atoms with Crippen molar-refractivity contribution in [2.45, 2.75) is 59.8 Å². The van der Waals surface area contributed by atoms with Crippen LogP contribution in [0.25, 0.3) is 6.08 Å². The van der Waals surface area contributed by atoms with Crippen molar-refractivity contribution in [2.75, 3.05) is 13.7 Å². The largest absolute Gasteiger partial charge is 0.493 e. The fourth-order valence-corrected chi connectivity index (χ4v) is 4.50. The molecule has 1 heterocycles. The number of ether oxygens (including phenoxy) is 2. The van der Waals surface area contributed by atoms with Crippen LogP contribution in [-0.4, -0.2) is 19.7 Å². The van der Waals surface area contributed by atoms with Crippen molar-refractivity contribution in [2.24, 2.45) is 5.92 Å². The second kappa shape index (κ2) is 8.89. The summed E-state index contributed by atoms with van der Waals surface area (Å²) < 4.78 is 11.5. The molecule has 0 fully saturated rings. The number of aryl methyl sites for hydroxylation is 1. The number of hydrogen-bond donors (Lipinski definition) is 1. The highest BCUT2D eigenvalue weighted by Crippen LogP contribution is 2.47. The van der Waals surface area contributed by atoms with E-state index in [-0.39, 0.29) is 11.9 Å². The van der Waals surface area contributed by atoms with Gasteiger partial charge in [-0.25, -0.2) is 4.79 Å². The van der Waals surface area contributed by atoms with Crippen LogP contribution in [-0.2, 0) is 14.3 Å². The molecule has 1 aliphatic heterocycles. The lowest BCUT2D eigenvalue weighted by Crippen LogP contribution is -2.31. The Morgan fingerprint density at radius 2 is 1.93 bits per heavy atom. The van der Waals surface area contributed by atoms with E-state index in [1.165, 1.54) is 25.5 Å². The summed E-state index contributed by atoms with van der Waals surface area (Å²) in [5, 5.41) is 3.38. The number of carbonyl (C=O) groups excluding carboxylic acids is 1. The van der Waals surface area contributed by atoms with Crippen LogP contribution in [0.5, 0.6) is 0 Å². The molecule has 0 saturated carbocycles. The SMILES string of the molecule is CCCC(C)CCOC1=Cc2c(C)cccc2C2C(C(=O)OC)=C(C)NC(C)=C12. The number of carbonyl (C=O) groups is 1. The Bertz CT molecular complexity index is 891. The lowest BCUT2D eigenvalue weighted by molar-refractivity contribution is -0.136. The molecule has 3 rings (SSSR count). The van der Waals surface area contributed by atoms with Gasteiger partial charge in [-0.15, -0.1) is 0 Å². The molecule has 1 N–H and O–H groups in total. The highest BCUT2D eigenvalue weighted by Gasteiger charge is 2.39. The lowest BCUT2D eigenvalue weighted by Gasteiger charge is -2.36. The van der Waals surface area contributed by atoms with Crippen LogP contribution in [0.15, 0.2) is 46.5 Å². The first-order valence-electron chi connectivity index (χ1n) is 10.6. The fourth-order valence-electron chi connectivity index (χ4n) is 4.50. The second-order valence-corrected chi connectivity index (χ2v) is 8.24. The van der Waals surface area contributed by atoms with Gasteiger partial charge in [-0.2, -0.15) is 0 Å². The Balaban J connectivity index is 2.04. The Kier molecular flexibility index (Phi) is 6.51. The van der Waals surface area contributed by atoms with Gasteiger partial charge >= 0.3 is 5.97 Å².